The van der Waals surface area contributed by atoms with Gasteiger partial charge in [-0.25, -0.2) is 14.4 Å². The molecular weight excluding hydrogens is 608 g/mol. The molecule has 11 nitrogen and oxygen atoms in total. The van der Waals surface area contributed by atoms with Crippen molar-refractivity contribution in [3.05, 3.63) is 23.1 Å². The number of hydrogen-bond donors (Lipinski definition) is 3. The molecule has 0 spiro atoms. The monoisotopic (exact) mass is 648 g/mol. The van der Waals surface area contributed by atoms with Crippen molar-refractivity contribution in [2.24, 2.45) is 5.41 Å². The molecular formula is C31H40F4N8O3. The van der Waals surface area contributed by atoms with Crippen LogP contribution in [0.2, 0.25) is 0 Å². The smallest absolute Gasteiger partial charge is 0.418 e. The Morgan fingerprint density at radius 2 is 1.91 bits per heavy atom. The van der Waals surface area contributed by atoms with Crippen LogP contribution in [0.1, 0.15) is 51.3 Å². The number of halogens is 4. The summed E-state index contributed by atoms with van der Waals surface area (Å²) in [5, 5.41) is 6.75. The van der Waals surface area contributed by atoms with Crippen LogP contribution >= 0.6 is 0 Å². The van der Waals surface area contributed by atoms with Crippen LogP contribution in [-0.2, 0) is 10.9 Å². The Morgan fingerprint density at radius 3 is 2.63 bits per heavy atom. The molecule has 3 atom stereocenters. The maximum Gasteiger partial charge on any atom is 0.418 e. The largest absolute Gasteiger partial charge is 0.474 e. The zero-order chi connectivity index (χ0) is 32.8. The summed E-state index contributed by atoms with van der Waals surface area (Å²) in [4.78, 5) is 19.5. The summed E-state index contributed by atoms with van der Waals surface area (Å²) in [5.74, 6) is -1.17. The molecule has 46 heavy (non-hydrogen) atoms. The van der Waals surface area contributed by atoms with E-state index in [-0.39, 0.29) is 52.0 Å². The van der Waals surface area contributed by atoms with Crippen LogP contribution < -0.4 is 25.8 Å². The van der Waals surface area contributed by atoms with E-state index in [9.17, 15) is 13.2 Å². The molecule has 4 N–H and O–H groups in total. The van der Waals surface area contributed by atoms with Crippen molar-refractivity contribution >= 4 is 22.5 Å². The fraction of sp³-hybridized carbons (Fsp3) is 0.613. The number of anilines is 2. The highest BCUT2D eigenvalue weighted by Crippen LogP contribution is 2.47. The van der Waals surface area contributed by atoms with Gasteiger partial charge in [-0.3, -0.25) is 4.90 Å². The highest BCUT2D eigenvalue weighted by Gasteiger charge is 2.45. The number of pyridine rings is 2. The van der Waals surface area contributed by atoms with Gasteiger partial charge in [0.25, 0.3) is 0 Å². The third-order valence-electron chi connectivity index (χ3n) is 8.77. The Labute approximate surface area is 264 Å². The van der Waals surface area contributed by atoms with Crippen molar-refractivity contribution in [2.45, 2.75) is 71.4 Å². The lowest BCUT2D eigenvalue weighted by molar-refractivity contribution is -0.137. The number of aryl methyl sites for hydroxylation is 1. The molecule has 6 rings (SSSR count). The lowest BCUT2D eigenvalue weighted by atomic mass is 10.0. The van der Waals surface area contributed by atoms with Crippen LogP contribution in [0.3, 0.4) is 0 Å². The molecule has 1 aliphatic carbocycles. The van der Waals surface area contributed by atoms with E-state index < -0.39 is 40.6 Å². The highest BCUT2D eigenvalue weighted by molar-refractivity contribution is 5.96. The molecule has 3 aromatic heterocycles. The number of nitrogens with one attached hydrogen (secondary N) is 2. The van der Waals surface area contributed by atoms with Gasteiger partial charge < -0.3 is 30.6 Å². The summed E-state index contributed by atoms with van der Waals surface area (Å²) in [6, 6.07) is 0.896. The maximum absolute atomic E-state index is 16.6. The summed E-state index contributed by atoms with van der Waals surface area (Å²) < 4.78 is 77.6. The van der Waals surface area contributed by atoms with Crippen molar-refractivity contribution < 1.29 is 31.8 Å². The molecule has 1 saturated heterocycles. The molecule has 0 aromatic carbocycles. The van der Waals surface area contributed by atoms with Crippen molar-refractivity contribution in [1.82, 2.24) is 30.2 Å². The van der Waals surface area contributed by atoms with Crippen molar-refractivity contribution in [3.8, 4) is 23.1 Å². The van der Waals surface area contributed by atoms with Crippen molar-refractivity contribution in [2.75, 3.05) is 57.0 Å². The van der Waals surface area contributed by atoms with Crippen LogP contribution in [-0.4, -0.2) is 89.0 Å². The van der Waals surface area contributed by atoms with E-state index in [1.807, 2.05) is 20.8 Å². The average molecular weight is 649 g/mol. The second kappa shape index (κ2) is 12.6. The van der Waals surface area contributed by atoms with Gasteiger partial charge in [-0.2, -0.15) is 23.1 Å². The van der Waals surface area contributed by atoms with Crippen LogP contribution in [0.4, 0.5) is 29.2 Å². The molecule has 15 heteroatoms. The minimum Gasteiger partial charge on any atom is -0.474 e. The summed E-state index contributed by atoms with van der Waals surface area (Å²) in [5.41, 5.74) is 2.80. The lowest BCUT2D eigenvalue weighted by Crippen LogP contribution is -2.44. The predicted molar refractivity (Wildman–Crippen MR) is 164 cm³/mol. The minimum atomic E-state index is -4.86. The number of nitrogen functional groups attached to an aromatic ring is 1. The third-order valence-corrected chi connectivity index (χ3v) is 8.77. The van der Waals surface area contributed by atoms with Crippen LogP contribution in [0.15, 0.2) is 6.07 Å². The van der Waals surface area contributed by atoms with E-state index in [1.54, 1.807) is 0 Å². The third kappa shape index (κ3) is 6.91. The second-order valence-corrected chi connectivity index (χ2v) is 12.9. The first kappa shape index (κ1) is 32.4. The second-order valence-electron chi connectivity index (χ2n) is 12.9. The highest BCUT2D eigenvalue weighted by atomic mass is 19.4. The molecule has 0 amide bonds. The fourth-order valence-electron chi connectivity index (χ4n) is 6.17. The van der Waals surface area contributed by atoms with E-state index in [1.165, 1.54) is 6.92 Å². The van der Waals surface area contributed by atoms with E-state index in [2.05, 4.69) is 35.5 Å². The molecule has 250 valence electrons. The Bertz CT molecular complexity index is 1600. The molecule has 3 aromatic rings. The summed E-state index contributed by atoms with van der Waals surface area (Å²) in [6.07, 6.45) is -2.64. The van der Waals surface area contributed by atoms with Gasteiger partial charge in [0.2, 0.25) is 5.88 Å². The molecule has 2 fully saturated rings. The van der Waals surface area contributed by atoms with E-state index in [0.717, 1.165) is 38.5 Å². The summed E-state index contributed by atoms with van der Waals surface area (Å²) in [6.45, 7) is 11.5. The molecule has 2 aliphatic heterocycles. The molecule has 3 aliphatic rings. The first-order valence-corrected chi connectivity index (χ1v) is 15.7. The van der Waals surface area contributed by atoms with E-state index >= 15 is 4.39 Å². The Hall–Kier alpha value is -3.56. The minimum absolute atomic E-state index is 0.0166. The number of ether oxygens (including phenoxy) is 3. The quantitative estimate of drug-likeness (QED) is 0.325. The number of morpholine rings is 1. The van der Waals surface area contributed by atoms with Gasteiger partial charge >= 0.3 is 12.2 Å². The topological polar surface area (TPSA) is 133 Å². The number of hydrogen-bond acceptors (Lipinski definition) is 11. The van der Waals surface area contributed by atoms with Gasteiger partial charge in [0.15, 0.2) is 5.82 Å². The van der Waals surface area contributed by atoms with Gasteiger partial charge in [-0.15, -0.1) is 0 Å². The van der Waals surface area contributed by atoms with Crippen molar-refractivity contribution in [1.29, 1.82) is 0 Å². The first-order valence-electron chi connectivity index (χ1n) is 15.7. The summed E-state index contributed by atoms with van der Waals surface area (Å²) >= 11 is 0. The molecule has 5 heterocycles. The normalized spacial score (nSPS) is 23.7. The number of rotatable bonds is 6. The number of nitrogens with zero attached hydrogens (tertiary/aromatic N) is 5. The fourth-order valence-corrected chi connectivity index (χ4v) is 6.17. The zero-order valence-electron chi connectivity index (χ0n) is 26.4. The van der Waals surface area contributed by atoms with Gasteiger partial charge in [-0.05, 0) is 59.6 Å². The molecule has 0 bridgehead atoms. The van der Waals surface area contributed by atoms with Gasteiger partial charge in [0.05, 0.1) is 36.7 Å². The van der Waals surface area contributed by atoms with Crippen molar-refractivity contribution in [3.63, 3.8) is 0 Å². The van der Waals surface area contributed by atoms with Gasteiger partial charge in [0, 0.05) is 43.2 Å². The Kier molecular flexibility index (Phi) is 8.85. The average Bonchev–Trinajstić information content (AvgIpc) is 3.74. The standard InChI is InChI=1S/C31H40F4N8O3/c1-16-12-38-27-22-26(41-29(42-27)45-15-30(6-7-30)14-43-9-10-44-18(3)13-43)24(32)25(40-28(22)46-17(2)5-8-37-16)20-11-21(36)39-19(4)23(20)31(33,34)35/h11,16-18,37H,5-10,12-15H2,1-4H3,(H2,36,39)(H,38,41,42)/t16?,17-,18+/m0/s1. The predicted octanol–water partition coefficient (Wildman–Crippen LogP) is 4.58. The zero-order valence-corrected chi connectivity index (χ0v) is 26.4. The van der Waals surface area contributed by atoms with Gasteiger partial charge in [-0.1, -0.05) is 0 Å². The molecule has 1 saturated carbocycles. The number of nitrogens with two attached hydrogens (primary N) is 1. The SMILES string of the molecule is Cc1nc(N)cc(-c2nc3c4c(nc(OCC5(CN6CCO[C@H](C)C6)CC5)nc4c2F)NCC(C)NCC[C@H](C)O3)c1C(F)(F)F. The maximum atomic E-state index is 16.6. The molecule has 1 unspecified atom stereocenters. The number of aromatic nitrogens is 4. The van der Waals surface area contributed by atoms with Gasteiger partial charge in [0.1, 0.15) is 28.2 Å². The summed E-state index contributed by atoms with van der Waals surface area (Å²) in [7, 11) is 0. The first-order chi connectivity index (χ1) is 21.8. The van der Waals surface area contributed by atoms with Crippen LogP contribution in [0, 0.1) is 18.2 Å². The lowest BCUT2D eigenvalue weighted by Gasteiger charge is -2.33. The Balaban J connectivity index is 1.46. The van der Waals surface area contributed by atoms with Crippen LogP contribution in [0.25, 0.3) is 22.2 Å². The van der Waals surface area contributed by atoms with E-state index in [0.29, 0.717) is 32.7 Å². The number of alkyl halides is 3. The van der Waals surface area contributed by atoms with Crippen LogP contribution in [0.5, 0.6) is 11.9 Å². The van der Waals surface area contributed by atoms with E-state index in [4.69, 9.17) is 19.9 Å². The Morgan fingerprint density at radius 1 is 1.13 bits per heavy atom. The molecule has 0 radical (unpaired) electrons.